The second-order valence-electron chi connectivity index (χ2n) is 5.06. The third kappa shape index (κ3) is 2.30. The molecule has 1 fully saturated rings. The molecule has 2 rings (SSSR count). The first-order valence-electron chi connectivity index (χ1n) is 6.20. The summed E-state index contributed by atoms with van der Waals surface area (Å²) >= 11 is 0. The summed E-state index contributed by atoms with van der Waals surface area (Å²) in [7, 11) is 0. The normalized spacial score (nSPS) is 27.2. The van der Waals surface area contributed by atoms with Gasteiger partial charge in [0.05, 0.1) is 4.92 Å². The summed E-state index contributed by atoms with van der Waals surface area (Å²) in [5.74, 6) is 0.242. The van der Waals surface area contributed by atoms with Crippen molar-refractivity contribution < 1.29 is 9.31 Å². The van der Waals surface area contributed by atoms with E-state index in [-0.39, 0.29) is 11.7 Å². The number of anilines is 1. The van der Waals surface area contributed by atoms with Crippen LogP contribution in [0.5, 0.6) is 0 Å². The van der Waals surface area contributed by atoms with Crippen molar-refractivity contribution >= 4 is 11.4 Å². The smallest absolute Gasteiger partial charge is 0.327 e. The predicted molar refractivity (Wildman–Crippen MR) is 68.0 cm³/mol. The molecule has 0 saturated heterocycles. The van der Waals surface area contributed by atoms with Crippen LogP contribution in [0.15, 0.2) is 18.2 Å². The number of nitro benzene ring substituents is 1. The average Bonchev–Trinajstić information content (AvgIpc) is 2.60. The molecule has 0 aromatic heterocycles. The maximum atomic E-state index is 13.5. The van der Waals surface area contributed by atoms with Gasteiger partial charge in [0.15, 0.2) is 0 Å². The zero-order valence-electron chi connectivity index (χ0n) is 10.5. The second kappa shape index (κ2) is 4.92. The van der Waals surface area contributed by atoms with Gasteiger partial charge in [0.2, 0.25) is 5.82 Å². The van der Waals surface area contributed by atoms with Gasteiger partial charge in [-0.25, -0.2) is 0 Å². The minimum Gasteiger partial charge on any atom is -0.376 e. The number of nitrogens with zero attached hydrogens (tertiary/aromatic N) is 1. The highest BCUT2D eigenvalue weighted by Gasteiger charge is 2.31. The van der Waals surface area contributed by atoms with Crippen LogP contribution in [0.3, 0.4) is 0 Å². The van der Waals surface area contributed by atoms with Crippen LogP contribution in [-0.4, -0.2) is 11.0 Å². The Morgan fingerprint density at radius 1 is 1.39 bits per heavy atom. The summed E-state index contributed by atoms with van der Waals surface area (Å²) in [6.07, 6.45) is 2.07. The van der Waals surface area contributed by atoms with Crippen LogP contribution in [-0.2, 0) is 0 Å². The minimum absolute atomic E-state index is 0.181. The second-order valence-corrected chi connectivity index (χ2v) is 5.06. The van der Waals surface area contributed by atoms with Crippen molar-refractivity contribution in [1.82, 2.24) is 0 Å². The molecule has 1 aromatic rings. The van der Waals surface area contributed by atoms with Gasteiger partial charge in [-0.2, -0.15) is 4.39 Å². The van der Waals surface area contributed by atoms with Gasteiger partial charge in [-0.15, -0.1) is 0 Å². The van der Waals surface area contributed by atoms with E-state index < -0.39 is 16.4 Å². The molecule has 1 aliphatic carbocycles. The zero-order chi connectivity index (χ0) is 13.3. The van der Waals surface area contributed by atoms with Crippen LogP contribution in [0.1, 0.15) is 26.7 Å². The number of nitrogens with one attached hydrogen (secondary N) is 1. The molecule has 1 saturated carbocycles. The molecule has 0 bridgehead atoms. The van der Waals surface area contributed by atoms with E-state index in [1.165, 1.54) is 6.07 Å². The van der Waals surface area contributed by atoms with Crippen molar-refractivity contribution in [2.75, 3.05) is 5.32 Å². The Morgan fingerprint density at radius 2 is 2.11 bits per heavy atom. The zero-order valence-corrected chi connectivity index (χ0v) is 10.5. The van der Waals surface area contributed by atoms with Gasteiger partial charge < -0.3 is 5.32 Å². The Morgan fingerprint density at radius 3 is 2.67 bits per heavy atom. The van der Waals surface area contributed by atoms with E-state index in [0.717, 1.165) is 18.9 Å². The lowest BCUT2D eigenvalue weighted by molar-refractivity contribution is -0.386. The summed E-state index contributed by atoms with van der Waals surface area (Å²) in [4.78, 5) is 10.2. The topological polar surface area (TPSA) is 55.2 Å². The fraction of sp³-hybridized carbons (Fsp3) is 0.538. The van der Waals surface area contributed by atoms with Crippen molar-refractivity contribution in [2.45, 2.75) is 32.7 Å². The lowest BCUT2D eigenvalue weighted by Gasteiger charge is -2.20. The molecule has 4 nitrogen and oxygen atoms in total. The van der Waals surface area contributed by atoms with Gasteiger partial charge in [0.25, 0.3) is 0 Å². The number of rotatable bonds is 3. The molecule has 0 radical (unpaired) electrons. The van der Waals surface area contributed by atoms with E-state index in [1.807, 2.05) is 0 Å². The number of para-hydroxylation sites is 1. The summed E-state index contributed by atoms with van der Waals surface area (Å²) in [6.45, 7) is 4.30. The van der Waals surface area contributed by atoms with E-state index in [1.54, 1.807) is 6.07 Å². The Hall–Kier alpha value is -1.65. The highest BCUT2D eigenvalue weighted by atomic mass is 19.1. The largest absolute Gasteiger partial charge is 0.376 e. The molecule has 1 aromatic carbocycles. The molecular formula is C13H17FN2O2. The van der Waals surface area contributed by atoms with Gasteiger partial charge in [0.1, 0.15) is 5.69 Å². The van der Waals surface area contributed by atoms with E-state index >= 15 is 0 Å². The molecule has 1 N–H and O–H groups in total. The molecule has 0 heterocycles. The van der Waals surface area contributed by atoms with Gasteiger partial charge in [-0.05, 0) is 36.8 Å². The summed E-state index contributed by atoms with van der Waals surface area (Å²) in [6, 6.07) is 4.36. The lowest BCUT2D eigenvalue weighted by atomic mass is 9.97. The maximum Gasteiger partial charge on any atom is 0.327 e. The van der Waals surface area contributed by atoms with Gasteiger partial charge >= 0.3 is 5.69 Å². The molecule has 3 unspecified atom stereocenters. The SMILES string of the molecule is CC1CCC(Nc2cccc(F)c2[N+](=O)[O-])C1C. The number of halogens is 1. The molecule has 0 aliphatic heterocycles. The van der Waals surface area contributed by atoms with E-state index in [2.05, 4.69) is 19.2 Å². The van der Waals surface area contributed by atoms with Crippen LogP contribution >= 0.6 is 0 Å². The van der Waals surface area contributed by atoms with Crippen LogP contribution in [0.4, 0.5) is 15.8 Å². The highest BCUT2D eigenvalue weighted by molar-refractivity contribution is 5.62. The summed E-state index contributed by atoms with van der Waals surface area (Å²) in [5.41, 5.74) is -0.171. The Balaban J connectivity index is 2.24. The van der Waals surface area contributed by atoms with Crippen LogP contribution < -0.4 is 5.32 Å². The quantitative estimate of drug-likeness (QED) is 0.660. The Kier molecular flexibility index (Phi) is 3.50. The lowest BCUT2D eigenvalue weighted by Crippen LogP contribution is -2.24. The standard InChI is InChI=1S/C13H17FN2O2/c1-8-6-7-11(9(8)2)15-12-5-3-4-10(14)13(12)16(17)18/h3-5,8-9,11,15H,6-7H2,1-2H3. The first kappa shape index (κ1) is 12.8. The van der Waals surface area contributed by atoms with E-state index in [0.29, 0.717) is 11.8 Å². The molecule has 5 heteroatoms. The number of nitro groups is 1. The Bertz CT molecular complexity index is 464. The number of hydrogen-bond acceptors (Lipinski definition) is 3. The number of hydrogen-bond donors (Lipinski definition) is 1. The van der Waals surface area contributed by atoms with Gasteiger partial charge in [-0.1, -0.05) is 19.9 Å². The minimum atomic E-state index is -0.788. The molecular weight excluding hydrogens is 235 g/mol. The maximum absolute atomic E-state index is 13.5. The van der Waals surface area contributed by atoms with Crippen molar-refractivity contribution in [3.05, 3.63) is 34.1 Å². The average molecular weight is 252 g/mol. The summed E-state index contributed by atoms with van der Waals surface area (Å²) < 4.78 is 13.5. The molecule has 98 valence electrons. The Labute approximate surface area is 105 Å². The van der Waals surface area contributed by atoms with Crippen molar-refractivity contribution in [1.29, 1.82) is 0 Å². The van der Waals surface area contributed by atoms with Gasteiger partial charge in [-0.3, -0.25) is 10.1 Å². The predicted octanol–water partition coefficient (Wildman–Crippen LogP) is 3.58. The molecule has 0 spiro atoms. The first-order chi connectivity index (χ1) is 8.50. The van der Waals surface area contributed by atoms with Gasteiger partial charge in [0, 0.05) is 6.04 Å². The fourth-order valence-corrected chi connectivity index (χ4v) is 2.59. The van der Waals surface area contributed by atoms with Crippen LogP contribution in [0, 0.1) is 27.8 Å². The molecule has 1 aliphatic rings. The monoisotopic (exact) mass is 252 g/mol. The highest BCUT2D eigenvalue weighted by Crippen LogP contribution is 2.36. The van der Waals surface area contributed by atoms with Crippen molar-refractivity contribution in [3.63, 3.8) is 0 Å². The van der Waals surface area contributed by atoms with Crippen molar-refractivity contribution in [3.8, 4) is 0 Å². The third-order valence-corrected chi connectivity index (χ3v) is 3.98. The molecule has 0 amide bonds. The van der Waals surface area contributed by atoms with E-state index in [9.17, 15) is 14.5 Å². The first-order valence-corrected chi connectivity index (χ1v) is 6.20. The van der Waals surface area contributed by atoms with Crippen LogP contribution in [0.25, 0.3) is 0 Å². The molecule has 18 heavy (non-hydrogen) atoms. The number of benzene rings is 1. The molecule has 3 atom stereocenters. The van der Waals surface area contributed by atoms with Crippen molar-refractivity contribution in [2.24, 2.45) is 11.8 Å². The third-order valence-electron chi connectivity index (χ3n) is 3.98. The van der Waals surface area contributed by atoms with E-state index in [4.69, 9.17) is 0 Å². The summed E-state index contributed by atoms with van der Waals surface area (Å²) in [5, 5.41) is 14.0. The van der Waals surface area contributed by atoms with Crippen LogP contribution in [0.2, 0.25) is 0 Å². The fourth-order valence-electron chi connectivity index (χ4n) is 2.59.